The topological polar surface area (TPSA) is 56.1 Å². The molecule has 0 aromatic rings. The molecule has 84 valence electrons. The van der Waals surface area contributed by atoms with Crippen molar-refractivity contribution in [3.63, 3.8) is 0 Å². The van der Waals surface area contributed by atoms with Crippen LogP contribution in [0.1, 0.15) is 34.1 Å². The number of carbonyl (C=O) groups is 1. The molecule has 0 bridgehead atoms. The number of amides is 1. The molecule has 1 aliphatic rings. The lowest BCUT2D eigenvalue weighted by Gasteiger charge is -2.45. The Kier molecular flexibility index (Phi) is 3.35. The molecule has 0 aliphatic carbocycles. The molecule has 1 amide bonds. The molecule has 15 heavy (non-hydrogen) atoms. The molecular formula is C11H19N3O. The SMILES string of the molecule is CC1CN(C(C)(C)C)C(CC#N)C(=O)N1. The Labute approximate surface area is 91.2 Å². The lowest BCUT2D eigenvalue weighted by molar-refractivity contribution is -0.133. The van der Waals surface area contributed by atoms with Crippen molar-refractivity contribution in [1.29, 1.82) is 5.26 Å². The van der Waals surface area contributed by atoms with Crippen LogP contribution in [-0.4, -0.2) is 35.0 Å². The zero-order valence-electron chi connectivity index (χ0n) is 9.87. The van der Waals surface area contributed by atoms with Crippen LogP contribution in [-0.2, 0) is 4.79 Å². The summed E-state index contributed by atoms with van der Waals surface area (Å²) >= 11 is 0. The van der Waals surface area contributed by atoms with Crippen LogP contribution in [0.2, 0.25) is 0 Å². The van der Waals surface area contributed by atoms with Crippen molar-refractivity contribution < 1.29 is 4.79 Å². The summed E-state index contributed by atoms with van der Waals surface area (Å²) in [5.74, 6) is -0.0229. The highest BCUT2D eigenvalue weighted by Gasteiger charge is 2.38. The average molecular weight is 209 g/mol. The van der Waals surface area contributed by atoms with Crippen molar-refractivity contribution in [3.8, 4) is 6.07 Å². The number of piperazine rings is 1. The van der Waals surface area contributed by atoms with Gasteiger partial charge < -0.3 is 5.32 Å². The number of nitrogens with one attached hydrogen (secondary N) is 1. The molecule has 0 aromatic heterocycles. The Bertz CT molecular complexity index is 287. The first-order valence-electron chi connectivity index (χ1n) is 5.30. The summed E-state index contributed by atoms with van der Waals surface area (Å²) in [4.78, 5) is 13.9. The van der Waals surface area contributed by atoms with Gasteiger partial charge in [-0.05, 0) is 27.7 Å². The third-order valence-corrected chi connectivity index (χ3v) is 2.68. The van der Waals surface area contributed by atoms with Gasteiger partial charge in [-0.1, -0.05) is 0 Å². The summed E-state index contributed by atoms with van der Waals surface area (Å²) in [5, 5.41) is 11.6. The van der Waals surface area contributed by atoms with E-state index in [-0.39, 0.29) is 30.0 Å². The summed E-state index contributed by atoms with van der Waals surface area (Å²) in [6, 6.07) is 1.94. The fraction of sp³-hybridized carbons (Fsp3) is 0.818. The fourth-order valence-electron chi connectivity index (χ4n) is 1.98. The van der Waals surface area contributed by atoms with Crippen LogP contribution in [0.5, 0.6) is 0 Å². The van der Waals surface area contributed by atoms with Gasteiger partial charge in [0, 0.05) is 18.1 Å². The molecule has 1 aliphatic heterocycles. The zero-order chi connectivity index (χ0) is 11.6. The molecule has 1 fully saturated rings. The second-order valence-electron chi connectivity index (χ2n) is 5.11. The van der Waals surface area contributed by atoms with Crippen LogP contribution >= 0.6 is 0 Å². The standard InChI is InChI=1S/C11H19N3O/c1-8-7-14(11(2,3)4)9(5-6-12)10(15)13-8/h8-9H,5,7H2,1-4H3,(H,13,15). The maximum Gasteiger partial charge on any atom is 0.238 e. The van der Waals surface area contributed by atoms with E-state index in [2.05, 4.69) is 37.1 Å². The molecule has 2 atom stereocenters. The molecule has 1 heterocycles. The van der Waals surface area contributed by atoms with Gasteiger partial charge >= 0.3 is 0 Å². The maximum atomic E-state index is 11.7. The van der Waals surface area contributed by atoms with Crippen molar-refractivity contribution in [2.75, 3.05) is 6.54 Å². The predicted molar refractivity (Wildman–Crippen MR) is 58.1 cm³/mol. The highest BCUT2D eigenvalue weighted by molar-refractivity contribution is 5.83. The Hall–Kier alpha value is -1.08. The van der Waals surface area contributed by atoms with Crippen molar-refractivity contribution in [2.45, 2.75) is 51.7 Å². The second-order valence-corrected chi connectivity index (χ2v) is 5.11. The minimum Gasteiger partial charge on any atom is -0.351 e. The van der Waals surface area contributed by atoms with Crippen molar-refractivity contribution in [2.24, 2.45) is 0 Å². The van der Waals surface area contributed by atoms with Crippen molar-refractivity contribution in [3.05, 3.63) is 0 Å². The number of hydrogen-bond donors (Lipinski definition) is 1. The van der Waals surface area contributed by atoms with Gasteiger partial charge in [0.2, 0.25) is 5.91 Å². The lowest BCUT2D eigenvalue weighted by atomic mass is 9.97. The Morgan fingerprint density at radius 1 is 1.60 bits per heavy atom. The summed E-state index contributed by atoms with van der Waals surface area (Å²) in [6.07, 6.45) is 0.260. The Morgan fingerprint density at radius 3 is 2.67 bits per heavy atom. The minimum atomic E-state index is -0.300. The number of carbonyl (C=O) groups excluding carboxylic acids is 1. The molecule has 0 saturated carbocycles. The highest BCUT2D eigenvalue weighted by Crippen LogP contribution is 2.22. The van der Waals surface area contributed by atoms with Gasteiger partial charge in [0.05, 0.1) is 12.5 Å². The molecule has 0 spiro atoms. The number of rotatable bonds is 1. The third-order valence-electron chi connectivity index (χ3n) is 2.68. The fourth-order valence-corrected chi connectivity index (χ4v) is 1.98. The van der Waals surface area contributed by atoms with Gasteiger partial charge in [-0.15, -0.1) is 0 Å². The van der Waals surface area contributed by atoms with E-state index in [0.717, 1.165) is 6.54 Å². The largest absolute Gasteiger partial charge is 0.351 e. The van der Waals surface area contributed by atoms with E-state index in [1.54, 1.807) is 0 Å². The smallest absolute Gasteiger partial charge is 0.238 e. The van der Waals surface area contributed by atoms with E-state index in [4.69, 9.17) is 5.26 Å². The summed E-state index contributed by atoms with van der Waals surface area (Å²) in [6.45, 7) is 9.01. The molecule has 1 saturated heterocycles. The van der Waals surface area contributed by atoms with Crippen LogP contribution in [0.4, 0.5) is 0 Å². The third kappa shape index (κ3) is 2.69. The van der Waals surface area contributed by atoms with Gasteiger partial charge in [0.25, 0.3) is 0 Å². The van der Waals surface area contributed by atoms with E-state index in [9.17, 15) is 4.79 Å². The van der Waals surface area contributed by atoms with E-state index in [0.29, 0.717) is 0 Å². The zero-order valence-corrected chi connectivity index (χ0v) is 9.87. The molecule has 4 heteroatoms. The summed E-state index contributed by atoms with van der Waals surface area (Å²) < 4.78 is 0. The second kappa shape index (κ2) is 4.19. The molecule has 2 unspecified atom stereocenters. The van der Waals surface area contributed by atoms with Gasteiger partial charge in [-0.2, -0.15) is 5.26 Å². The molecule has 0 radical (unpaired) electrons. The van der Waals surface area contributed by atoms with Crippen LogP contribution in [0, 0.1) is 11.3 Å². The molecule has 4 nitrogen and oxygen atoms in total. The van der Waals surface area contributed by atoms with Crippen LogP contribution in [0.3, 0.4) is 0 Å². The first-order chi connectivity index (χ1) is 6.86. The molecule has 1 N–H and O–H groups in total. The first-order valence-corrected chi connectivity index (χ1v) is 5.30. The Morgan fingerprint density at radius 2 is 2.20 bits per heavy atom. The average Bonchev–Trinajstić information content (AvgIpc) is 2.07. The van der Waals surface area contributed by atoms with E-state index in [1.807, 2.05) is 6.92 Å². The highest BCUT2D eigenvalue weighted by atomic mass is 16.2. The predicted octanol–water partition coefficient (Wildman–Crippen LogP) is 0.887. The van der Waals surface area contributed by atoms with Crippen LogP contribution in [0.25, 0.3) is 0 Å². The molecular weight excluding hydrogens is 190 g/mol. The van der Waals surface area contributed by atoms with E-state index in [1.165, 1.54) is 0 Å². The van der Waals surface area contributed by atoms with Crippen molar-refractivity contribution in [1.82, 2.24) is 10.2 Å². The van der Waals surface area contributed by atoms with Gasteiger partial charge in [-0.3, -0.25) is 9.69 Å². The summed E-state index contributed by atoms with van der Waals surface area (Å²) in [5.41, 5.74) is -0.0759. The number of nitrogens with zero attached hydrogens (tertiary/aromatic N) is 2. The van der Waals surface area contributed by atoms with E-state index >= 15 is 0 Å². The van der Waals surface area contributed by atoms with Gasteiger partial charge in [-0.25, -0.2) is 0 Å². The number of hydrogen-bond acceptors (Lipinski definition) is 3. The van der Waals surface area contributed by atoms with Crippen LogP contribution < -0.4 is 5.32 Å². The summed E-state index contributed by atoms with van der Waals surface area (Å²) in [7, 11) is 0. The Balaban J connectivity index is 2.88. The van der Waals surface area contributed by atoms with E-state index < -0.39 is 0 Å². The molecule has 1 rings (SSSR count). The van der Waals surface area contributed by atoms with Crippen LogP contribution in [0.15, 0.2) is 0 Å². The number of nitriles is 1. The molecule has 0 aromatic carbocycles. The lowest BCUT2D eigenvalue weighted by Crippen LogP contribution is -2.63. The minimum absolute atomic E-state index is 0.0229. The van der Waals surface area contributed by atoms with Crippen molar-refractivity contribution >= 4 is 5.91 Å². The normalized spacial score (nSPS) is 28.3. The maximum absolute atomic E-state index is 11.7. The monoisotopic (exact) mass is 209 g/mol. The van der Waals surface area contributed by atoms with Gasteiger partial charge in [0.1, 0.15) is 6.04 Å². The first kappa shape index (κ1) is 12.0. The quantitative estimate of drug-likeness (QED) is 0.697. The van der Waals surface area contributed by atoms with Gasteiger partial charge in [0.15, 0.2) is 0 Å².